The molecule has 2 aromatic heterocycles. The molecule has 0 bridgehead atoms. The standard InChI is InChI=1S/C21H16F6N4O3/c1-3-32-19-28-14-6-4-11(9-15(14)29-19)17-30-18(34-31-17)12-5-7-16(13(8-12)21(25,26)27)33-10(2)20(22,23)24/h4-10H,3H2,1-2H3,(H,28,29). The summed E-state index contributed by atoms with van der Waals surface area (Å²) in [5, 5.41) is 3.79. The van der Waals surface area contributed by atoms with Crippen LogP contribution in [0.25, 0.3) is 33.9 Å². The molecule has 0 spiro atoms. The number of H-pyrrole nitrogens is 1. The second-order valence-corrected chi connectivity index (χ2v) is 7.14. The molecular formula is C21H16F6N4O3. The molecule has 1 unspecified atom stereocenters. The second-order valence-electron chi connectivity index (χ2n) is 7.14. The number of benzene rings is 2. The Morgan fingerprint density at radius 2 is 1.74 bits per heavy atom. The summed E-state index contributed by atoms with van der Waals surface area (Å²) in [6.07, 6.45) is -12.2. The first-order chi connectivity index (χ1) is 16.0. The van der Waals surface area contributed by atoms with Crippen LogP contribution in [0.4, 0.5) is 26.3 Å². The van der Waals surface area contributed by atoms with Gasteiger partial charge in [-0.1, -0.05) is 5.16 Å². The van der Waals surface area contributed by atoms with E-state index < -0.39 is 29.8 Å². The van der Waals surface area contributed by atoms with Gasteiger partial charge in [-0.3, -0.25) is 0 Å². The fraction of sp³-hybridized carbons (Fsp3) is 0.286. The molecule has 0 radical (unpaired) electrons. The average Bonchev–Trinajstić information content (AvgIpc) is 3.39. The maximum absolute atomic E-state index is 13.5. The van der Waals surface area contributed by atoms with Crippen molar-refractivity contribution >= 4 is 11.0 Å². The van der Waals surface area contributed by atoms with Crippen molar-refractivity contribution in [1.29, 1.82) is 0 Å². The van der Waals surface area contributed by atoms with Gasteiger partial charge < -0.3 is 19.0 Å². The van der Waals surface area contributed by atoms with Gasteiger partial charge in [0.25, 0.3) is 11.9 Å². The number of alkyl halides is 6. The van der Waals surface area contributed by atoms with E-state index in [1.165, 1.54) is 0 Å². The van der Waals surface area contributed by atoms with Gasteiger partial charge in [-0.2, -0.15) is 36.3 Å². The summed E-state index contributed by atoms with van der Waals surface area (Å²) in [6, 6.07) is 7.80. The normalized spacial score (nSPS) is 13.3. The summed E-state index contributed by atoms with van der Waals surface area (Å²) in [4.78, 5) is 11.3. The summed E-state index contributed by atoms with van der Waals surface area (Å²) in [5.74, 6) is -1.13. The number of rotatable bonds is 6. The maximum Gasteiger partial charge on any atom is 0.425 e. The zero-order valence-corrected chi connectivity index (χ0v) is 17.6. The third kappa shape index (κ3) is 4.77. The monoisotopic (exact) mass is 486 g/mol. The first-order valence-electron chi connectivity index (χ1n) is 9.87. The second kappa shape index (κ2) is 8.54. The van der Waals surface area contributed by atoms with Gasteiger partial charge in [0, 0.05) is 11.1 Å². The highest BCUT2D eigenvalue weighted by atomic mass is 19.4. The van der Waals surface area contributed by atoms with Crippen molar-refractivity contribution in [3.8, 4) is 34.6 Å². The molecule has 0 saturated heterocycles. The van der Waals surface area contributed by atoms with E-state index in [1.807, 2.05) is 0 Å². The average molecular weight is 486 g/mol. The topological polar surface area (TPSA) is 86.1 Å². The predicted molar refractivity (Wildman–Crippen MR) is 107 cm³/mol. The van der Waals surface area contributed by atoms with Gasteiger partial charge in [-0.25, -0.2) is 0 Å². The minimum atomic E-state index is -4.98. The fourth-order valence-electron chi connectivity index (χ4n) is 3.03. The molecule has 2 aromatic carbocycles. The van der Waals surface area contributed by atoms with Crippen LogP contribution in [0.15, 0.2) is 40.9 Å². The summed E-state index contributed by atoms with van der Waals surface area (Å²) in [5.41, 5.74) is 0.188. The van der Waals surface area contributed by atoms with Crippen LogP contribution in [-0.2, 0) is 6.18 Å². The van der Waals surface area contributed by atoms with Crippen LogP contribution in [0, 0.1) is 0 Å². The smallest absolute Gasteiger partial charge is 0.425 e. The van der Waals surface area contributed by atoms with E-state index in [2.05, 4.69) is 24.8 Å². The highest BCUT2D eigenvalue weighted by molar-refractivity contribution is 5.81. The molecule has 4 rings (SSSR count). The number of hydrogen-bond donors (Lipinski definition) is 1. The molecule has 180 valence electrons. The van der Waals surface area contributed by atoms with Crippen molar-refractivity contribution in [3.05, 3.63) is 42.0 Å². The highest BCUT2D eigenvalue weighted by Crippen LogP contribution is 2.40. The number of ether oxygens (including phenoxy) is 2. The van der Waals surface area contributed by atoms with Crippen molar-refractivity contribution in [2.45, 2.75) is 32.3 Å². The third-order valence-electron chi connectivity index (χ3n) is 4.72. The minimum Gasteiger partial charge on any atom is -0.481 e. The Bertz CT molecular complexity index is 1310. The molecule has 13 heteroatoms. The van der Waals surface area contributed by atoms with Crippen LogP contribution < -0.4 is 9.47 Å². The predicted octanol–water partition coefficient (Wildman–Crippen LogP) is 6.03. The van der Waals surface area contributed by atoms with Crippen molar-refractivity contribution in [3.63, 3.8) is 0 Å². The quantitative estimate of drug-likeness (QED) is 0.335. The van der Waals surface area contributed by atoms with E-state index in [9.17, 15) is 26.3 Å². The summed E-state index contributed by atoms with van der Waals surface area (Å²) < 4.78 is 93.8. The lowest BCUT2D eigenvalue weighted by Crippen LogP contribution is -2.31. The Labute approximate surface area is 187 Å². The summed E-state index contributed by atoms with van der Waals surface area (Å²) in [6.45, 7) is 2.84. The van der Waals surface area contributed by atoms with E-state index in [-0.39, 0.29) is 17.3 Å². The zero-order chi connectivity index (χ0) is 24.7. The Kier molecular flexibility index (Phi) is 5.87. The number of nitrogens with one attached hydrogen (secondary N) is 1. The van der Waals surface area contributed by atoms with Gasteiger partial charge in [0.2, 0.25) is 5.82 Å². The highest BCUT2D eigenvalue weighted by Gasteiger charge is 2.41. The van der Waals surface area contributed by atoms with Crippen molar-refractivity contribution in [1.82, 2.24) is 20.1 Å². The summed E-state index contributed by atoms with van der Waals surface area (Å²) >= 11 is 0. The Hall–Kier alpha value is -3.77. The number of aromatic amines is 1. The first kappa shape index (κ1) is 23.4. The molecule has 7 nitrogen and oxygen atoms in total. The lowest BCUT2D eigenvalue weighted by molar-refractivity contribution is -0.191. The number of aromatic nitrogens is 4. The molecule has 0 saturated carbocycles. The van der Waals surface area contributed by atoms with E-state index in [4.69, 9.17) is 9.26 Å². The van der Waals surface area contributed by atoms with Crippen molar-refractivity contribution in [2.75, 3.05) is 6.61 Å². The molecule has 1 atom stereocenters. The molecular weight excluding hydrogens is 470 g/mol. The van der Waals surface area contributed by atoms with E-state index in [0.717, 1.165) is 12.1 Å². The van der Waals surface area contributed by atoms with Gasteiger partial charge in [0.15, 0.2) is 6.10 Å². The van der Waals surface area contributed by atoms with Crippen molar-refractivity contribution < 1.29 is 40.3 Å². The zero-order valence-electron chi connectivity index (χ0n) is 17.6. The van der Waals surface area contributed by atoms with Gasteiger partial charge in [-0.15, -0.1) is 0 Å². The first-order valence-corrected chi connectivity index (χ1v) is 9.87. The molecule has 0 amide bonds. The van der Waals surface area contributed by atoms with Crippen LogP contribution in [-0.4, -0.2) is 39.0 Å². The minimum absolute atomic E-state index is 0.0871. The van der Waals surface area contributed by atoms with E-state index in [0.29, 0.717) is 42.2 Å². The van der Waals surface area contributed by atoms with Gasteiger partial charge in [0.05, 0.1) is 23.2 Å². The lowest BCUT2D eigenvalue weighted by Gasteiger charge is -2.20. The number of imidazole rings is 1. The Balaban J connectivity index is 1.66. The molecule has 34 heavy (non-hydrogen) atoms. The Morgan fingerprint density at radius 3 is 2.41 bits per heavy atom. The molecule has 0 aliphatic rings. The van der Waals surface area contributed by atoms with Crippen LogP contribution in [0.2, 0.25) is 0 Å². The largest absolute Gasteiger partial charge is 0.481 e. The third-order valence-corrected chi connectivity index (χ3v) is 4.72. The number of fused-ring (bicyclic) bond motifs is 1. The van der Waals surface area contributed by atoms with E-state index in [1.54, 1.807) is 25.1 Å². The van der Waals surface area contributed by atoms with Gasteiger partial charge in [-0.05, 0) is 50.2 Å². The number of halogens is 6. The van der Waals surface area contributed by atoms with E-state index >= 15 is 0 Å². The van der Waals surface area contributed by atoms with Gasteiger partial charge in [0.1, 0.15) is 5.75 Å². The molecule has 2 heterocycles. The maximum atomic E-state index is 13.5. The molecule has 0 aliphatic carbocycles. The molecule has 1 N–H and O–H groups in total. The number of nitrogens with zero attached hydrogens (tertiary/aromatic N) is 3. The lowest BCUT2D eigenvalue weighted by atomic mass is 10.1. The molecule has 0 aliphatic heterocycles. The molecule has 0 fully saturated rings. The van der Waals surface area contributed by atoms with Crippen LogP contribution in [0.3, 0.4) is 0 Å². The summed E-state index contributed by atoms with van der Waals surface area (Å²) in [7, 11) is 0. The number of hydrogen-bond acceptors (Lipinski definition) is 6. The van der Waals surface area contributed by atoms with Crippen LogP contribution in [0.1, 0.15) is 19.4 Å². The van der Waals surface area contributed by atoms with Gasteiger partial charge >= 0.3 is 12.4 Å². The van der Waals surface area contributed by atoms with Crippen molar-refractivity contribution in [2.24, 2.45) is 0 Å². The van der Waals surface area contributed by atoms with Crippen LogP contribution in [0.5, 0.6) is 11.8 Å². The molecule has 4 aromatic rings. The van der Waals surface area contributed by atoms with Crippen LogP contribution >= 0.6 is 0 Å². The fourth-order valence-corrected chi connectivity index (χ4v) is 3.03. The Morgan fingerprint density at radius 1 is 1.00 bits per heavy atom. The SMILES string of the molecule is CCOc1nc2ccc(-c3noc(-c4ccc(OC(C)C(F)(F)F)c(C(F)(F)F)c4)n3)cc2[nH]1.